The van der Waals surface area contributed by atoms with Gasteiger partial charge in [-0.05, 0) is 49.7 Å². The Hall–Kier alpha value is -2.86. The van der Waals surface area contributed by atoms with Crippen LogP contribution in [0.1, 0.15) is 27.9 Å². The molecule has 0 radical (unpaired) electrons. The molecule has 2 aliphatic rings. The van der Waals surface area contributed by atoms with Crippen molar-refractivity contribution in [3.63, 3.8) is 0 Å². The first-order chi connectivity index (χ1) is 13.9. The van der Waals surface area contributed by atoms with Crippen molar-refractivity contribution in [3.8, 4) is 0 Å². The Labute approximate surface area is 171 Å². The summed E-state index contributed by atoms with van der Waals surface area (Å²) < 4.78 is 0. The second kappa shape index (κ2) is 7.87. The lowest BCUT2D eigenvalue weighted by Gasteiger charge is -2.37. The highest BCUT2D eigenvalue weighted by Gasteiger charge is 2.29. The fourth-order valence-corrected chi connectivity index (χ4v) is 4.22. The van der Waals surface area contributed by atoms with Crippen LogP contribution in [0.3, 0.4) is 0 Å². The Balaban J connectivity index is 1.39. The quantitative estimate of drug-likeness (QED) is 0.870. The predicted molar refractivity (Wildman–Crippen MR) is 113 cm³/mol. The SMILES string of the molecule is Cc1ccc(N2CCN(C(=O)c3ccc(N4CC(O)CC4=O)cc3)CC2)c(C)c1. The van der Waals surface area contributed by atoms with Crippen LogP contribution in [-0.4, -0.2) is 60.6 Å². The summed E-state index contributed by atoms with van der Waals surface area (Å²) in [4.78, 5) is 30.6. The molecule has 1 unspecified atom stereocenters. The van der Waals surface area contributed by atoms with E-state index in [1.54, 1.807) is 29.2 Å². The van der Waals surface area contributed by atoms with E-state index in [9.17, 15) is 14.7 Å². The first-order valence-electron chi connectivity index (χ1n) is 10.1. The number of β-amino-alcohol motifs (C(OH)–C–C–N with tert-alkyl or cyclic N) is 1. The molecule has 4 rings (SSSR count). The zero-order valence-corrected chi connectivity index (χ0v) is 17.0. The first kappa shape index (κ1) is 19.5. The zero-order valence-electron chi connectivity index (χ0n) is 17.0. The minimum Gasteiger partial charge on any atom is -0.391 e. The third-order valence-corrected chi connectivity index (χ3v) is 5.79. The van der Waals surface area contributed by atoms with E-state index in [0.29, 0.717) is 25.2 Å². The number of amides is 2. The van der Waals surface area contributed by atoms with Crippen LogP contribution in [0.15, 0.2) is 42.5 Å². The summed E-state index contributed by atoms with van der Waals surface area (Å²) in [6.45, 7) is 7.54. The van der Waals surface area contributed by atoms with Gasteiger partial charge in [0.15, 0.2) is 0 Å². The van der Waals surface area contributed by atoms with E-state index in [1.165, 1.54) is 16.8 Å². The zero-order chi connectivity index (χ0) is 20.5. The van der Waals surface area contributed by atoms with Crippen LogP contribution in [0.4, 0.5) is 11.4 Å². The van der Waals surface area contributed by atoms with Crippen LogP contribution < -0.4 is 9.80 Å². The van der Waals surface area contributed by atoms with Gasteiger partial charge in [-0.3, -0.25) is 9.59 Å². The van der Waals surface area contributed by atoms with E-state index >= 15 is 0 Å². The summed E-state index contributed by atoms with van der Waals surface area (Å²) in [6, 6.07) is 13.6. The largest absolute Gasteiger partial charge is 0.391 e. The summed E-state index contributed by atoms with van der Waals surface area (Å²) in [5.74, 6) is -0.0660. The highest BCUT2D eigenvalue weighted by molar-refractivity contribution is 5.98. The Morgan fingerprint density at radius 3 is 2.28 bits per heavy atom. The molecule has 29 heavy (non-hydrogen) atoms. The minimum atomic E-state index is -0.614. The van der Waals surface area contributed by atoms with Gasteiger partial charge in [-0.25, -0.2) is 0 Å². The molecule has 2 aliphatic heterocycles. The van der Waals surface area contributed by atoms with Gasteiger partial charge < -0.3 is 19.8 Å². The normalized spacial score (nSPS) is 19.8. The Bertz CT molecular complexity index is 917. The van der Waals surface area contributed by atoms with Crippen LogP contribution in [0.25, 0.3) is 0 Å². The molecular formula is C23H27N3O3. The highest BCUT2D eigenvalue weighted by atomic mass is 16.3. The molecule has 2 amide bonds. The predicted octanol–water partition coefficient (Wildman–Crippen LogP) is 2.36. The second-order valence-electron chi connectivity index (χ2n) is 7.98. The number of aliphatic hydroxyl groups is 1. The molecule has 2 fully saturated rings. The van der Waals surface area contributed by atoms with Crippen molar-refractivity contribution in [1.29, 1.82) is 0 Å². The van der Waals surface area contributed by atoms with Crippen molar-refractivity contribution in [2.24, 2.45) is 0 Å². The van der Waals surface area contributed by atoms with Gasteiger partial charge in [-0.1, -0.05) is 17.7 Å². The molecule has 152 valence electrons. The molecule has 0 bridgehead atoms. The van der Waals surface area contributed by atoms with Gasteiger partial charge in [0, 0.05) is 43.1 Å². The standard InChI is InChI=1S/C23H27N3O3/c1-16-3-8-21(17(2)13-16)24-9-11-25(12-10-24)23(29)18-4-6-19(7-5-18)26-15-20(27)14-22(26)28/h3-8,13,20,27H,9-12,14-15H2,1-2H3. The van der Waals surface area contributed by atoms with Crippen molar-refractivity contribution in [3.05, 3.63) is 59.2 Å². The number of aliphatic hydroxyl groups excluding tert-OH is 1. The molecule has 0 aliphatic carbocycles. The molecule has 1 atom stereocenters. The van der Waals surface area contributed by atoms with Gasteiger partial charge in [-0.15, -0.1) is 0 Å². The third kappa shape index (κ3) is 3.98. The maximum absolute atomic E-state index is 12.9. The van der Waals surface area contributed by atoms with Gasteiger partial charge >= 0.3 is 0 Å². The number of aryl methyl sites for hydroxylation is 2. The molecule has 6 nitrogen and oxygen atoms in total. The molecule has 1 N–H and O–H groups in total. The van der Waals surface area contributed by atoms with E-state index in [4.69, 9.17) is 0 Å². The number of hydrogen-bond donors (Lipinski definition) is 1. The molecule has 2 saturated heterocycles. The number of benzene rings is 2. The van der Waals surface area contributed by atoms with Crippen LogP contribution in [0.2, 0.25) is 0 Å². The third-order valence-electron chi connectivity index (χ3n) is 5.79. The van der Waals surface area contributed by atoms with Gasteiger partial charge in [0.25, 0.3) is 5.91 Å². The maximum atomic E-state index is 12.9. The average Bonchev–Trinajstić information content (AvgIpc) is 3.06. The summed E-state index contributed by atoms with van der Waals surface area (Å²) in [5, 5.41) is 9.65. The molecule has 0 aromatic heterocycles. The number of carbonyl (C=O) groups is 2. The lowest BCUT2D eigenvalue weighted by Crippen LogP contribution is -2.49. The van der Waals surface area contributed by atoms with Crippen molar-refractivity contribution < 1.29 is 14.7 Å². The average molecular weight is 393 g/mol. The second-order valence-corrected chi connectivity index (χ2v) is 7.98. The fraction of sp³-hybridized carbons (Fsp3) is 0.391. The van der Waals surface area contributed by atoms with Crippen LogP contribution in [0.5, 0.6) is 0 Å². The maximum Gasteiger partial charge on any atom is 0.253 e. The lowest BCUT2D eigenvalue weighted by molar-refractivity contribution is -0.117. The first-order valence-corrected chi connectivity index (χ1v) is 10.1. The van der Waals surface area contributed by atoms with Gasteiger partial charge in [0.2, 0.25) is 5.91 Å². The summed E-state index contributed by atoms with van der Waals surface area (Å²) in [7, 11) is 0. The fourth-order valence-electron chi connectivity index (χ4n) is 4.22. The summed E-state index contributed by atoms with van der Waals surface area (Å²) in [6.07, 6.45) is -0.455. The van der Waals surface area contributed by atoms with E-state index in [2.05, 4.69) is 36.9 Å². The molecule has 0 saturated carbocycles. The number of hydrogen-bond acceptors (Lipinski definition) is 4. The number of anilines is 2. The number of rotatable bonds is 3. The Kier molecular flexibility index (Phi) is 5.28. The topological polar surface area (TPSA) is 64.1 Å². The monoisotopic (exact) mass is 393 g/mol. The molecule has 2 aromatic rings. The lowest BCUT2D eigenvalue weighted by atomic mass is 10.1. The number of piperazine rings is 1. The summed E-state index contributed by atoms with van der Waals surface area (Å²) >= 11 is 0. The molecule has 0 spiro atoms. The molecule has 2 aromatic carbocycles. The van der Waals surface area contributed by atoms with E-state index in [0.717, 1.165) is 18.8 Å². The van der Waals surface area contributed by atoms with E-state index < -0.39 is 6.10 Å². The smallest absolute Gasteiger partial charge is 0.253 e. The van der Waals surface area contributed by atoms with Crippen LogP contribution in [0, 0.1) is 13.8 Å². The molecule has 2 heterocycles. The van der Waals surface area contributed by atoms with Crippen LogP contribution >= 0.6 is 0 Å². The summed E-state index contributed by atoms with van der Waals surface area (Å²) in [5.41, 5.74) is 5.11. The number of nitrogens with zero attached hydrogens (tertiary/aromatic N) is 3. The minimum absolute atomic E-state index is 0.0182. The van der Waals surface area contributed by atoms with Crippen molar-refractivity contribution in [2.75, 3.05) is 42.5 Å². The van der Waals surface area contributed by atoms with Gasteiger partial charge in [0.05, 0.1) is 19.1 Å². The number of carbonyl (C=O) groups excluding carboxylic acids is 2. The van der Waals surface area contributed by atoms with Gasteiger partial charge in [-0.2, -0.15) is 0 Å². The molecule has 6 heteroatoms. The Morgan fingerprint density at radius 2 is 1.69 bits per heavy atom. The molecular weight excluding hydrogens is 366 g/mol. The van der Waals surface area contributed by atoms with Crippen LogP contribution in [-0.2, 0) is 4.79 Å². The van der Waals surface area contributed by atoms with Crippen molar-refractivity contribution in [1.82, 2.24) is 4.90 Å². The van der Waals surface area contributed by atoms with Gasteiger partial charge in [0.1, 0.15) is 0 Å². The van der Waals surface area contributed by atoms with E-state index in [1.807, 2.05) is 4.90 Å². The van der Waals surface area contributed by atoms with Crippen molar-refractivity contribution >= 4 is 23.2 Å². The van der Waals surface area contributed by atoms with E-state index in [-0.39, 0.29) is 18.2 Å². The Morgan fingerprint density at radius 1 is 1.00 bits per heavy atom. The van der Waals surface area contributed by atoms with Crippen molar-refractivity contribution in [2.45, 2.75) is 26.4 Å². The highest BCUT2D eigenvalue weighted by Crippen LogP contribution is 2.24.